The van der Waals surface area contributed by atoms with Gasteiger partial charge in [0.1, 0.15) is 11.4 Å². The van der Waals surface area contributed by atoms with Gasteiger partial charge in [0.15, 0.2) is 0 Å². The summed E-state index contributed by atoms with van der Waals surface area (Å²) >= 11 is 3.25. The first-order valence-electron chi connectivity index (χ1n) is 5.31. The molecule has 1 aromatic rings. The summed E-state index contributed by atoms with van der Waals surface area (Å²) in [7, 11) is 1.51. The molecule has 0 spiro atoms. The summed E-state index contributed by atoms with van der Waals surface area (Å²) in [5.41, 5.74) is -0.737. The van der Waals surface area contributed by atoms with E-state index in [1.807, 2.05) is 0 Å². The second-order valence-corrected chi connectivity index (χ2v) is 4.98. The minimum Gasteiger partial charge on any atom is -0.383 e. The zero-order chi connectivity index (χ0) is 14.4. The van der Waals surface area contributed by atoms with Crippen molar-refractivity contribution in [3.8, 4) is 0 Å². The van der Waals surface area contributed by atoms with Gasteiger partial charge in [-0.3, -0.25) is 14.9 Å². The minimum absolute atomic E-state index is 0.130. The third-order valence-electron chi connectivity index (χ3n) is 2.23. The lowest BCUT2D eigenvalue weighted by Gasteiger charge is -2.10. The molecule has 0 radical (unpaired) electrons. The number of nitrogens with zero attached hydrogens (tertiary/aromatic N) is 1. The molecule has 0 saturated heterocycles. The van der Waals surface area contributed by atoms with Crippen molar-refractivity contribution in [2.75, 3.05) is 20.3 Å². The predicted octanol–water partition coefficient (Wildman–Crippen LogP) is 1.87. The topological polar surface area (TPSA) is 81.5 Å². The average molecular weight is 335 g/mol. The van der Waals surface area contributed by atoms with Gasteiger partial charge in [0.2, 0.25) is 0 Å². The van der Waals surface area contributed by atoms with Crippen molar-refractivity contribution in [2.24, 2.45) is 0 Å². The summed E-state index contributed by atoms with van der Waals surface area (Å²) in [6.45, 7) is 0.575. The van der Waals surface area contributed by atoms with Crippen LogP contribution in [-0.2, 0) is 4.74 Å². The van der Waals surface area contributed by atoms with Crippen LogP contribution in [0.2, 0.25) is 0 Å². The predicted molar refractivity (Wildman–Crippen MR) is 70.0 cm³/mol. The first-order valence-corrected chi connectivity index (χ1v) is 6.22. The highest BCUT2D eigenvalue weighted by Gasteiger charge is 2.21. The lowest BCUT2D eigenvalue weighted by Crippen LogP contribution is -2.31. The van der Waals surface area contributed by atoms with Crippen molar-refractivity contribution in [3.05, 3.63) is 39.7 Å². The van der Waals surface area contributed by atoms with Gasteiger partial charge in [0.05, 0.1) is 16.4 Å². The number of carbonyl (C=O) groups is 1. The van der Waals surface area contributed by atoms with Crippen LogP contribution < -0.4 is 5.32 Å². The van der Waals surface area contributed by atoms with Gasteiger partial charge in [0.25, 0.3) is 11.6 Å². The highest BCUT2D eigenvalue weighted by atomic mass is 79.9. The molecule has 1 N–H and O–H groups in total. The number of ether oxygens (including phenoxy) is 1. The number of carbonyl (C=O) groups excluding carboxylic acids is 1. The van der Waals surface area contributed by atoms with E-state index in [-0.39, 0.29) is 16.9 Å². The summed E-state index contributed by atoms with van der Waals surface area (Å²) in [4.78, 5) is 21.7. The van der Waals surface area contributed by atoms with Crippen LogP contribution in [0.3, 0.4) is 0 Å². The lowest BCUT2D eigenvalue weighted by molar-refractivity contribution is -0.385. The Morgan fingerprint density at radius 1 is 1.63 bits per heavy atom. The van der Waals surface area contributed by atoms with Gasteiger partial charge in [0, 0.05) is 19.7 Å². The molecule has 1 aromatic carbocycles. The molecule has 1 unspecified atom stereocenters. The number of hydrogen-bond acceptors (Lipinski definition) is 4. The molecule has 0 heterocycles. The standard InChI is InChI=1S/C11H12BrFN2O4/c1-19-6-7(12)5-14-11(16)9-4-8(13)2-3-10(9)15(17)18/h2-4,7H,5-6H2,1H3,(H,14,16). The molecule has 1 amide bonds. The van der Waals surface area contributed by atoms with Gasteiger partial charge < -0.3 is 10.1 Å². The fourth-order valence-electron chi connectivity index (χ4n) is 1.39. The van der Waals surface area contributed by atoms with Crippen LogP contribution >= 0.6 is 15.9 Å². The number of methoxy groups -OCH3 is 1. The van der Waals surface area contributed by atoms with Gasteiger partial charge in [-0.15, -0.1) is 0 Å². The Balaban J connectivity index is 2.81. The summed E-state index contributed by atoms with van der Waals surface area (Å²) in [6.07, 6.45) is 0. The van der Waals surface area contributed by atoms with Crippen LogP contribution in [0.5, 0.6) is 0 Å². The molecule has 0 aliphatic carbocycles. The van der Waals surface area contributed by atoms with Crippen LogP contribution in [0.15, 0.2) is 18.2 Å². The number of rotatable bonds is 6. The summed E-state index contributed by atoms with van der Waals surface area (Å²) < 4.78 is 17.9. The number of nitro groups is 1. The molecule has 19 heavy (non-hydrogen) atoms. The van der Waals surface area contributed by atoms with Crippen molar-refractivity contribution in [2.45, 2.75) is 4.83 Å². The van der Waals surface area contributed by atoms with Gasteiger partial charge >= 0.3 is 0 Å². The van der Waals surface area contributed by atoms with Crippen molar-refractivity contribution in [3.63, 3.8) is 0 Å². The number of nitrogens with one attached hydrogen (secondary N) is 1. The van der Waals surface area contributed by atoms with Gasteiger partial charge in [-0.2, -0.15) is 0 Å². The molecule has 104 valence electrons. The van der Waals surface area contributed by atoms with E-state index in [1.54, 1.807) is 0 Å². The largest absolute Gasteiger partial charge is 0.383 e. The van der Waals surface area contributed by atoms with E-state index in [9.17, 15) is 19.3 Å². The fraction of sp³-hybridized carbons (Fsp3) is 0.364. The number of benzene rings is 1. The molecule has 6 nitrogen and oxygen atoms in total. The van der Waals surface area contributed by atoms with E-state index in [0.717, 1.165) is 18.2 Å². The van der Waals surface area contributed by atoms with Crippen LogP contribution in [-0.4, -0.2) is 35.9 Å². The molecular formula is C11H12BrFN2O4. The highest BCUT2D eigenvalue weighted by molar-refractivity contribution is 9.09. The zero-order valence-corrected chi connectivity index (χ0v) is 11.6. The minimum atomic E-state index is -0.727. The van der Waals surface area contributed by atoms with Gasteiger partial charge in [-0.05, 0) is 12.1 Å². The molecular weight excluding hydrogens is 323 g/mol. The number of alkyl halides is 1. The van der Waals surface area contributed by atoms with Crippen molar-refractivity contribution < 1.29 is 18.8 Å². The number of nitro benzene ring substituents is 1. The Morgan fingerprint density at radius 3 is 2.89 bits per heavy atom. The van der Waals surface area contributed by atoms with Crippen LogP contribution in [0.25, 0.3) is 0 Å². The third-order valence-corrected chi connectivity index (χ3v) is 2.82. The molecule has 1 atom stereocenters. The maximum atomic E-state index is 13.1. The van der Waals surface area contributed by atoms with E-state index in [4.69, 9.17) is 4.74 Å². The molecule has 0 bridgehead atoms. The van der Waals surface area contributed by atoms with Crippen molar-refractivity contribution in [1.82, 2.24) is 5.32 Å². The SMILES string of the molecule is COCC(Br)CNC(=O)c1cc(F)ccc1[N+](=O)[O-]. The maximum absolute atomic E-state index is 13.1. The number of halogens is 2. The molecule has 0 aliphatic rings. The smallest absolute Gasteiger partial charge is 0.282 e. The summed E-state index contributed by atoms with van der Waals surface area (Å²) in [5, 5.41) is 13.2. The fourth-order valence-corrected chi connectivity index (χ4v) is 1.81. The summed E-state index contributed by atoms with van der Waals surface area (Å²) in [6, 6.07) is 2.74. The number of amides is 1. The normalized spacial score (nSPS) is 11.9. The summed E-state index contributed by atoms with van der Waals surface area (Å²) in [5.74, 6) is -1.41. The Hall–Kier alpha value is -1.54. The van der Waals surface area contributed by atoms with Crippen molar-refractivity contribution in [1.29, 1.82) is 0 Å². The quantitative estimate of drug-likeness (QED) is 0.489. The molecule has 8 heteroatoms. The van der Waals surface area contributed by atoms with Crippen LogP contribution in [0.1, 0.15) is 10.4 Å². The van der Waals surface area contributed by atoms with E-state index in [1.165, 1.54) is 7.11 Å². The molecule has 0 aromatic heterocycles. The second kappa shape index (κ2) is 7.15. The Kier molecular flexibility index (Phi) is 5.84. The first kappa shape index (κ1) is 15.5. The Morgan fingerprint density at radius 2 is 2.32 bits per heavy atom. The lowest BCUT2D eigenvalue weighted by atomic mass is 10.1. The Labute approximate surface area is 117 Å². The van der Waals surface area contributed by atoms with E-state index >= 15 is 0 Å². The van der Waals surface area contributed by atoms with E-state index < -0.39 is 22.3 Å². The van der Waals surface area contributed by atoms with E-state index in [0.29, 0.717) is 6.61 Å². The zero-order valence-electron chi connectivity index (χ0n) is 10.1. The van der Waals surface area contributed by atoms with Crippen molar-refractivity contribution >= 4 is 27.5 Å². The number of hydrogen-bond donors (Lipinski definition) is 1. The average Bonchev–Trinajstić information content (AvgIpc) is 2.35. The highest BCUT2D eigenvalue weighted by Crippen LogP contribution is 2.19. The Bertz CT molecular complexity index is 484. The third kappa shape index (κ3) is 4.56. The first-order chi connectivity index (χ1) is 8.95. The van der Waals surface area contributed by atoms with Gasteiger partial charge in [-0.1, -0.05) is 15.9 Å². The van der Waals surface area contributed by atoms with E-state index in [2.05, 4.69) is 21.2 Å². The van der Waals surface area contributed by atoms with Crippen LogP contribution in [0, 0.1) is 15.9 Å². The van der Waals surface area contributed by atoms with Gasteiger partial charge in [-0.25, -0.2) is 4.39 Å². The molecule has 0 aliphatic heterocycles. The van der Waals surface area contributed by atoms with Crippen LogP contribution in [0.4, 0.5) is 10.1 Å². The monoisotopic (exact) mass is 334 g/mol. The maximum Gasteiger partial charge on any atom is 0.282 e. The molecule has 1 rings (SSSR count). The molecule has 0 saturated carbocycles. The molecule has 0 fully saturated rings. The second-order valence-electron chi connectivity index (χ2n) is 3.68.